The minimum atomic E-state index is -0.608. The molecule has 1 N–H and O–H groups in total. The van der Waals surface area contributed by atoms with Crippen molar-refractivity contribution in [1.82, 2.24) is 4.90 Å². The molecule has 0 bridgehead atoms. The summed E-state index contributed by atoms with van der Waals surface area (Å²) >= 11 is 0. The van der Waals surface area contributed by atoms with E-state index >= 15 is 0 Å². The number of nitro benzene ring substituents is 1. The van der Waals surface area contributed by atoms with E-state index in [4.69, 9.17) is 0 Å². The lowest BCUT2D eigenvalue weighted by Gasteiger charge is -2.28. The summed E-state index contributed by atoms with van der Waals surface area (Å²) in [5.74, 6) is -0.602. The second-order valence-corrected chi connectivity index (χ2v) is 5.68. The van der Waals surface area contributed by atoms with Crippen LogP contribution in [0.5, 0.6) is 0 Å². The van der Waals surface area contributed by atoms with Gasteiger partial charge in [-0.15, -0.1) is 0 Å². The molecule has 5 nitrogen and oxygen atoms in total. The van der Waals surface area contributed by atoms with Gasteiger partial charge in [-0.1, -0.05) is 13.8 Å². The molecule has 19 heavy (non-hydrogen) atoms. The minimum Gasteiger partial charge on any atom is -0.382 e. The van der Waals surface area contributed by atoms with Gasteiger partial charge >= 0.3 is 0 Å². The van der Waals surface area contributed by atoms with Crippen LogP contribution in [0, 0.1) is 21.3 Å². The van der Waals surface area contributed by atoms with Gasteiger partial charge in [0.2, 0.25) is 0 Å². The molecule has 0 heterocycles. The molecule has 0 aliphatic rings. The summed E-state index contributed by atoms with van der Waals surface area (Å²) < 4.78 is 13.7. The monoisotopic (exact) mass is 269 g/mol. The van der Waals surface area contributed by atoms with Crippen LogP contribution in [0.1, 0.15) is 13.8 Å². The topological polar surface area (TPSA) is 58.4 Å². The number of nitrogens with zero attached hydrogens (tertiary/aromatic N) is 2. The van der Waals surface area contributed by atoms with Crippen molar-refractivity contribution < 1.29 is 9.31 Å². The molecule has 0 spiro atoms. The Morgan fingerprint density at radius 3 is 2.53 bits per heavy atom. The number of halogens is 1. The van der Waals surface area contributed by atoms with Gasteiger partial charge in [-0.25, -0.2) is 4.39 Å². The van der Waals surface area contributed by atoms with E-state index in [0.29, 0.717) is 6.54 Å². The number of hydrogen-bond acceptors (Lipinski definition) is 4. The SMILES string of the molecule is CN(C)CC(C)(C)CNc1ccc([N+](=O)[O-])cc1F. The number of non-ortho nitro benzene ring substituents is 1. The summed E-state index contributed by atoms with van der Waals surface area (Å²) in [6.45, 7) is 5.58. The Labute approximate surface area is 112 Å². The fraction of sp³-hybridized carbons (Fsp3) is 0.538. The predicted molar refractivity (Wildman–Crippen MR) is 73.9 cm³/mol. The normalized spacial score (nSPS) is 11.7. The van der Waals surface area contributed by atoms with E-state index in [-0.39, 0.29) is 16.8 Å². The highest BCUT2D eigenvalue weighted by molar-refractivity contribution is 5.50. The Morgan fingerprint density at radius 1 is 1.42 bits per heavy atom. The Hall–Kier alpha value is -1.69. The molecule has 106 valence electrons. The summed E-state index contributed by atoms with van der Waals surface area (Å²) in [4.78, 5) is 12.0. The fourth-order valence-corrected chi connectivity index (χ4v) is 2.01. The Morgan fingerprint density at radius 2 is 2.05 bits per heavy atom. The number of nitro groups is 1. The molecule has 0 radical (unpaired) electrons. The van der Waals surface area contributed by atoms with Crippen molar-refractivity contribution in [2.45, 2.75) is 13.8 Å². The van der Waals surface area contributed by atoms with Crippen LogP contribution >= 0.6 is 0 Å². The third kappa shape index (κ3) is 4.82. The first-order chi connectivity index (χ1) is 8.71. The highest BCUT2D eigenvalue weighted by Crippen LogP contribution is 2.23. The van der Waals surface area contributed by atoms with Gasteiger partial charge in [-0.05, 0) is 25.6 Å². The fourth-order valence-electron chi connectivity index (χ4n) is 2.01. The summed E-state index contributed by atoms with van der Waals surface area (Å²) in [5, 5.41) is 13.5. The van der Waals surface area contributed by atoms with Gasteiger partial charge < -0.3 is 10.2 Å². The van der Waals surface area contributed by atoms with Gasteiger partial charge in [0.15, 0.2) is 5.82 Å². The van der Waals surface area contributed by atoms with Crippen LogP contribution < -0.4 is 5.32 Å². The lowest BCUT2D eigenvalue weighted by Crippen LogP contribution is -2.34. The number of rotatable bonds is 6. The first kappa shape index (κ1) is 15.4. The number of hydrogen-bond donors (Lipinski definition) is 1. The van der Waals surface area contributed by atoms with E-state index in [2.05, 4.69) is 24.1 Å². The zero-order valence-corrected chi connectivity index (χ0v) is 11.7. The second kappa shape index (κ2) is 5.97. The van der Waals surface area contributed by atoms with Crippen LogP contribution in [-0.2, 0) is 0 Å². The highest BCUT2D eigenvalue weighted by atomic mass is 19.1. The molecular weight excluding hydrogens is 249 g/mol. The average Bonchev–Trinajstić information content (AvgIpc) is 2.25. The molecule has 0 aliphatic heterocycles. The Balaban J connectivity index is 2.71. The van der Waals surface area contributed by atoms with Crippen molar-refractivity contribution >= 4 is 11.4 Å². The first-order valence-electron chi connectivity index (χ1n) is 6.04. The van der Waals surface area contributed by atoms with E-state index < -0.39 is 10.7 Å². The molecule has 0 fully saturated rings. The van der Waals surface area contributed by atoms with Gasteiger partial charge in [-0.2, -0.15) is 0 Å². The van der Waals surface area contributed by atoms with Crippen molar-refractivity contribution in [3.63, 3.8) is 0 Å². The Bertz CT molecular complexity index is 461. The average molecular weight is 269 g/mol. The quantitative estimate of drug-likeness (QED) is 0.637. The van der Waals surface area contributed by atoms with Crippen molar-refractivity contribution in [1.29, 1.82) is 0 Å². The molecule has 1 aromatic rings. The zero-order chi connectivity index (χ0) is 14.6. The number of nitrogens with one attached hydrogen (secondary N) is 1. The predicted octanol–water partition coefficient (Wildman–Crippen LogP) is 2.73. The van der Waals surface area contributed by atoms with Crippen LogP contribution in [0.25, 0.3) is 0 Å². The molecule has 0 saturated carbocycles. The highest BCUT2D eigenvalue weighted by Gasteiger charge is 2.19. The second-order valence-electron chi connectivity index (χ2n) is 5.68. The molecule has 1 rings (SSSR count). The third-order valence-corrected chi connectivity index (χ3v) is 2.67. The molecule has 0 unspecified atom stereocenters. The zero-order valence-electron chi connectivity index (χ0n) is 11.7. The van der Waals surface area contributed by atoms with Gasteiger partial charge in [0.1, 0.15) is 0 Å². The maximum atomic E-state index is 13.7. The number of benzene rings is 1. The molecular formula is C13H20FN3O2. The van der Waals surface area contributed by atoms with Gasteiger partial charge in [-0.3, -0.25) is 10.1 Å². The van der Waals surface area contributed by atoms with Crippen molar-refractivity contribution in [2.75, 3.05) is 32.5 Å². The van der Waals surface area contributed by atoms with Crippen LogP contribution in [-0.4, -0.2) is 37.0 Å². The summed E-state index contributed by atoms with van der Waals surface area (Å²) in [7, 11) is 3.96. The maximum absolute atomic E-state index is 13.7. The van der Waals surface area contributed by atoms with E-state index in [1.807, 2.05) is 14.1 Å². The van der Waals surface area contributed by atoms with Crippen LogP contribution in [0.3, 0.4) is 0 Å². The summed E-state index contributed by atoms with van der Waals surface area (Å²) in [5.41, 5.74) is 0.0191. The van der Waals surface area contributed by atoms with Crippen LogP contribution in [0.4, 0.5) is 15.8 Å². The van der Waals surface area contributed by atoms with Gasteiger partial charge in [0, 0.05) is 19.2 Å². The van der Waals surface area contributed by atoms with E-state index in [9.17, 15) is 14.5 Å². The van der Waals surface area contributed by atoms with Gasteiger partial charge in [0.25, 0.3) is 5.69 Å². The van der Waals surface area contributed by atoms with Gasteiger partial charge in [0.05, 0.1) is 16.7 Å². The molecule has 0 amide bonds. The van der Waals surface area contributed by atoms with Crippen molar-refractivity contribution in [3.05, 3.63) is 34.1 Å². The molecule has 0 atom stereocenters. The maximum Gasteiger partial charge on any atom is 0.272 e. The molecule has 0 aromatic heterocycles. The minimum absolute atomic E-state index is 0.0300. The lowest BCUT2D eigenvalue weighted by atomic mass is 9.93. The van der Waals surface area contributed by atoms with Crippen LogP contribution in [0.15, 0.2) is 18.2 Å². The molecule has 6 heteroatoms. The van der Waals surface area contributed by atoms with Crippen molar-refractivity contribution in [2.24, 2.45) is 5.41 Å². The smallest absolute Gasteiger partial charge is 0.272 e. The molecule has 0 saturated heterocycles. The lowest BCUT2D eigenvalue weighted by molar-refractivity contribution is -0.385. The molecule has 0 aliphatic carbocycles. The van der Waals surface area contributed by atoms with E-state index in [0.717, 1.165) is 12.6 Å². The first-order valence-corrected chi connectivity index (χ1v) is 6.04. The summed E-state index contributed by atoms with van der Waals surface area (Å²) in [6, 6.07) is 3.63. The largest absolute Gasteiger partial charge is 0.382 e. The van der Waals surface area contributed by atoms with E-state index in [1.54, 1.807) is 0 Å². The standard InChI is InChI=1S/C13H20FN3O2/c1-13(2,9-16(3)4)8-15-12-6-5-10(17(18)19)7-11(12)14/h5-7,15H,8-9H2,1-4H3. The summed E-state index contributed by atoms with van der Waals surface area (Å²) in [6.07, 6.45) is 0. The number of anilines is 1. The van der Waals surface area contributed by atoms with E-state index in [1.165, 1.54) is 12.1 Å². The Kier molecular flexibility index (Phi) is 4.83. The van der Waals surface area contributed by atoms with Crippen LogP contribution in [0.2, 0.25) is 0 Å². The molecule has 1 aromatic carbocycles. The third-order valence-electron chi connectivity index (χ3n) is 2.67. The van der Waals surface area contributed by atoms with Crippen molar-refractivity contribution in [3.8, 4) is 0 Å².